The Hall–Kier alpha value is -2.93. The Kier molecular flexibility index (Phi) is 5.76. The fourth-order valence-corrected chi connectivity index (χ4v) is 4.33. The van der Waals surface area contributed by atoms with Gasteiger partial charge in [-0.3, -0.25) is 14.3 Å². The van der Waals surface area contributed by atoms with Crippen molar-refractivity contribution in [3.8, 4) is 0 Å². The summed E-state index contributed by atoms with van der Waals surface area (Å²) in [7, 11) is 0. The second-order valence-electron chi connectivity index (χ2n) is 7.32. The van der Waals surface area contributed by atoms with E-state index < -0.39 is 6.04 Å². The van der Waals surface area contributed by atoms with Gasteiger partial charge in [-0.1, -0.05) is 36.4 Å². The Morgan fingerprint density at radius 3 is 2.83 bits per heavy atom. The topological polar surface area (TPSA) is 76.0 Å². The average Bonchev–Trinajstić information content (AvgIpc) is 3.40. The predicted molar refractivity (Wildman–Crippen MR) is 113 cm³/mol. The van der Waals surface area contributed by atoms with Crippen LogP contribution in [-0.4, -0.2) is 27.6 Å². The summed E-state index contributed by atoms with van der Waals surface area (Å²) in [6.45, 7) is 2.44. The number of hydrogen-bond acceptors (Lipinski definition) is 4. The summed E-state index contributed by atoms with van der Waals surface area (Å²) in [5.74, 6) is -0.397. The maximum Gasteiger partial charge on any atom is 0.261 e. The van der Waals surface area contributed by atoms with Crippen molar-refractivity contribution in [3.63, 3.8) is 0 Å². The van der Waals surface area contributed by atoms with Crippen LogP contribution in [0.15, 0.2) is 54.0 Å². The lowest BCUT2D eigenvalue weighted by molar-refractivity contribution is -0.123. The second-order valence-corrected chi connectivity index (χ2v) is 8.26. The predicted octanol–water partition coefficient (Wildman–Crippen LogP) is 3.31. The lowest BCUT2D eigenvalue weighted by Crippen LogP contribution is -2.46. The fraction of sp³-hybridized carbons (Fsp3) is 0.318. The third kappa shape index (κ3) is 4.40. The monoisotopic (exact) mass is 408 g/mol. The molecule has 150 valence electrons. The number of fused-ring (bicyclic) bond motifs is 1. The molecule has 0 saturated carbocycles. The van der Waals surface area contributed by atoms with Gasteiger partial charge < -0.3 is 10.6 Å². The molecule has 3 aromatic rings. The highest BCUT2D eigenvalue weighted by atomic mass is 32.1. The van der Waals surface area contributed by atoms with Crippen LogP contribution in [0, 0.1) is 0 Å². The van der Waals surface area contributed by atoms with Crippen molar-refractivity contribution in [1.82, 2.24) is 20.4 Å². The smallest absolute Gasteiger partial charge is 0.261 e. The lowest BCUT2D eigenvalue weighted by atomic mass is 9.92. The number of hydrogen-bond donors (Lipinski definition) is 2. The second kappa shape index (κ2) is 8.61. The molecule has 2 atom stereocenters. The maximum absolute atomic E-state index is 12.7. The minimum Gasteiger partial charge on any atom is -0.347 e. The van der Waals surface area contributed by atoms with Crippen LogP contribution in [0.3, 0.4) is 0 Å². The summed E-state index contributed by atoms with van der Waals surface area (Å²) in [5.41, 5.74) is 3.47. The number of rotatable bonds is 6. The first kappa shape index (κ1) is 19.4. The normalized spacial score (nSPS) is 16.7. The summed E-state index contributed by atoms with van der Waals surface area (Å²) < 4.78 is 2.03. The largest absolute Gasteiger partial charge is 0.347 e. The first-order valence-corrected chi connectivity index (χ1v) is 10.7. The molecular formula is C22H24N4O2S. The van der Waals surface area contributed by atoms with Gasteiger partial charge in [0.2, 0.25) is 5.91 Å². The molecule has 0 spiro atoms. The number of aromatic nitrogens is 2. The van der Waals surface area contributed by atoms with Gasteiger partial charge in [0.25, 0.3) is 5.91 Å². The highest BCUT2D eigenvalue weighted by Crippen LogP contribution is 2.30. The molecule has 2 amide bonds. The molecule has 29 heavy (non-hydrogen) atoms. The SMILES string of the molecule is CC(NC(=O)c1cccs1)C(=O)NC1CCCc2c1cnn2Cc1ccccc1. The van der Waals surface area contributed by atoms with Crippen molar-refractivity contribution in [2.24, 2.45) is 0 Å². The van der Waals surface area contributed by atoms with Crippen LogP contribution >= 0.6 is 11.3 Å². The Balaban J connectivity index is 1.41. The van der Waals surface area contributed by atoms with Crippen LogP contribution in [0.4, 0.5) is 0 Å². The third-order valence-electron chi connectivity index (χ3n) is 5.24. The molecule has 7 heteroatoms. The molecular weight excluding hydrogens is 384 g/mol. The van der Waals surface area contributed by atoms with Crippen LogP contribution < -0.4 is 10.6 Å². The van der Waals surface area contributed by atoms with E-state index in [1.165, 1.54) is 22.6 Å². The van der Waals surface area contributed by atoms with Gasteiger partial charge in [-0.25, -0.2) is 0 Å². The van der Waals surface area contributed by atoms with Crippen molar-refractivity contribution in [2.45, 2.75) is 44.8 Å². The lowest BCUT2D eigenvalue weighted by Gasteiger charge is -2.26. The van der Waals surface area contributed by atoms with Crippen LogP contribution in [-0.2, 0) is 17.8 Å². The van der Waals surface area contributed by atoms with Gasteiger partial charge in [0.05, 0.1) is 23.7 Å². The number of thiophene rings is 1. The van der Waals surface area contributed by atoms with E-state index in [0.29, 0.717) is 4.88 Å². The van der Waals surface area contributed by atoms with Gasteiger partial charge in [-0.15, -0.1) is 11.3 Å². The first-order chi connectivity index (χ1) is 14.1. The number of nitrogens with one attached hydrogen (secondary N) is 2. The van der Waals surface area contributed by atoms with E-state index in [9.17, 15) is 9.59 Å². The average molecular weight is 409 g/mol. The van der Waals surface area contributed by atoms with Gasteiger partial charge in [0.15, 0.2) is 0 Å². The summed E-state index contributed by atoms with van der Waals surface area (Å²) in [4.78, 5) is 25.5. The molecule has 2 N–H and O–H groups in total. The Bertz CT molecular complexity index is 982. The Morgan fingerprint density at radius 1 is 1.24 bits per heavy atom. The molecule has 4 rings (SSSR count). The number of carbonyl (C=O) groups excluding carboxylic acids is 2. The molecule has 1 aromatic carbocycles. The molecule has 1 aliphatic rings. The van der Waals surface area contributed by atoms with Gasteiger partial charge in [0, 0.05) is 11.3 Å². The number of carbonyl (C=O) groups is 2. The fourth-order valence-electron chi connectivity index (χ4n) is 3.70. The molecule has 0 radical (unpaired) electrons. The maximum atomic E-state index is 12.7. The van der Waals surface area contributed by atoms with E-state index in [4.69, 9.17) is 0 Å². The van der Waals surface area contributed by atoms with E-state index in [1.807, 2.05) is 40.5 Å². The van der Waals surface area contributed by atoms with Gasteiger partial charge in [-0.05, 0) is 43.2 Å². The minimum atomic E-state index is -0.602. The Morgan fingerprint density at radius 2 is 2.07 bits per heavy atom. The van der Waals surface area contributed by atoms with Crippen molar-refractivity contribution < 1.29 is 9.59 Å². The molecule has 2 heterocycles. The van der Waals surface area contributed by atoms with Gasteiger partial charge in [-0.2, -0.15) is 5.10 Å². The van der Waals surface area contributed by atoms with E-state index in [2.05, 4.69) is 27.9 Å². The van der Waals surface area contributed by atoms with Gasteiger partial charge >= 0.3 is 0 Å². The highest BCUT2D eigenvalue weighted by Gasteiger charge is 2.27. The molecule has 0 fully saturated rings. The zero-order valence-corrected chi connectivity index (χ0v) is 17.1. The molecule has 0 aliphatic heterocycles. The number of benzene rings is 1. The highest BCUT2D eigenvalue weighted by molar-refractivity contribution is 7.12. The summed E-state index contributed by atoms with van der Waals surface area (Å²) in [6, 6.07) is 13.1. The van der Waals surface area contributed by atoms with E-state index in [0.717, 1.165) is 31.4 Å². The zero-order valence-electron chi connectivity index (χ0n) is 16.3. The third-order valence-corrected chi connectivity index (χ3v) is 6.11. The van der Waals surface area contributed by atoms with E-state index >= 15 is 0 Å². The van der Waals surface area contributed by atoms with Crippen molar-refractivity contribution >= 4 is 23.2 Å². The molecule has 1 aliphatic carbocycles. The van der Waals surface area contributed by atoms with Crippen LogP contribution in [0.1, 0.15) is 52.3 Å². The zero-order chi connectivity index (χ0) is 20.2. The molecule has 0 saturated heterocycles. The van der Waals surface area contributed by atoms with Crippen molar-refractivity contribution in [1.29, 1.82) is 0 Å². The summed E-state index contributed by atoms with van der Waals surface area (Å²) >= 11 is 1.36. The standard InChI is InChI=1S/C22H24N4O2S/c1-15(24-22(28)20-11-6-12-29-20)21(27)25-18-9-5-10-19-17(18)13-23-26(19)14-16-7-3-2-4-8-16/h2-4,6-8,11-13,15,18H,5,9-10,14H2,1H3,(H,24,28)(H,25,27). The van der Waals surface area contributed by atoms with E-state index in [-0.39, 0.29) is 17.9 Å². The molecule has 0 bridgehead atoms. The number of nitrogens with zero attached hydrogens (tertiary/aromatic N) is 2. The van der Waals surface area contributed by atoms with Crippen LogP contribution in [0.2, 0.25) is 0 Å². The van der Waals surface area contributed by atoms with Crippen molar-refractivity contribution in [2.75, 3.05) is 0 Å². The van der Waals surface area contributed by atoms with E-state index in [1.54, 1.807) is 13.0 Å². The summed E-state index contributed by atoms with van der Waals surface area (Å²) in [6.07, 6.45) is 4.70. The Labute approximate surface area is 173 Å². The minimum absolute atomic E-state index is 0.0723. The molecule has 6 nitrogen and oxygen atoms in total. The number of amides is 2. The quantitative estimate of drug-likeness (QED) is 0.657. The van der Waals surface area contributed by atoms with Crippen LogP contribution in [0.25, 0.3) is 0 Å². The van der Waals surface area contributed by atoms with Crippen LogP contribution in [0.5, 0.6) is 0 Å². The molecule has 2 aromatic heterocycles. The molecule has 2 unspecified atom stereocenters. The summed E-state index contributed by atoms with van der Waals surface area (Å²) in [5, 5.41) is 12.3. The van der Waals surface area contributed by atoms with Gasteiger partial charge in [0.1, 0.15) is 6.04 Å². The van der Waals surface area contributed by atoms with Crippen molar-refractivity contribution in [3.05, 3.63) is 75.7 Å². The first-order valence-electron chi connectivity index (χ1n) is 9.85.